The summed E-state index contributed by atoms with van der Waals surface area (Å²) >= 11 is 3.38. The third-order valence-electron chi connectivity index (χ3n) is 3.33. The summed E-state index contributed by atoms with van der Waals surface area (Å²) in [6.07, 6.45) is 1.46. The standard InChI is InChI=1S/C16H18BrFN2O/c1-21-15-4-2-3-11(8-15)7-14(20-19)9-12-5-6-13(18)10-16(12)17/h2-6,8,10,14,20H,7,9,19H2,1H3. The molecule has 1 unspecified atom stereocenters. The van der Waals surface area contributed by atoms with Crippen molar-refractivity contribution < 1.29 is 9.13 Å². The van der Waals surface area contributed by atoms with Gasteiger partial charge in [0.1, 0.15) is 11.6 Å². The van der Waals surface area contributed by atoms with Crippen molar-refractivity contribution in [2.75, 3.05) is 7.11 Å². The van der Waals surface area contributed by atoms with Crippen LogP contribution in [0, 0.1) is 5.82 Å². The van der Waals surface area contributed by atoms with Gasteiger partial charge in [-0.15, -0.1) is 0 Å². The molecule has 0 spiro atoms. The zero-order chi connectivity index (χ0) is 15.2. The first-order chi connectivity index (χ1) is 10.1. The number of rotatable bonds is 6. The Labute approximate surface area is 132 Å². The number of hydrogen-bond donors (Lipinski definition) is 2. The molecule has 0 aliphatic heterocycles. The number of methoxy groups -OCH3 is 1. The predicted octanol–water partition coefficient (Wildman–Crippen LogP) is 3.21. The average Bonchev–Trinajstić information content (AvgIpc) is 2.49. The quantitative estimate of drug-likeness (QED) is 0.619. The van der Waals surface area contributed by atoms with E-state index in [0.717, 1.165) is 27.8 Å². The van der Waals surface area contributed by atoms with Crippen molar-refractivity contribution in [3.8, 4) is 5.75 Å². The molecule has 0 bridgehead atoms. The first kappa shape index (κ1) is 15.9. The van der Waals surface area contributed by atoms with Gasteiger partial charge >= 0.3 is 0 Å². The van der Waals surface area contributed by atoms with Gasteiger partial charge in [-0.25, -0.2) is 4.39 Å². The SMILES string of the molecule is COc1cccc(CC(Cc2ccc(F)cc2Br)NN)c1. The number of halogens is 2. The molecule has 0 amide bonds. The third kappa shape index (κ3) is 4.52. The lowest BCUT2D eigenvalue weighted by atomic mass is 9.99. The summed E-state index contributed by atoms with van der Waals surface area (Å²) in [7, 11) is 1.65. The Kier molecular flexibility index (Phi) is 5.73. The van der Waals surface area contributed by atoms with E-state index in [-0.39, 0.29) is 11.9 Å². The topological polar surface area (TPSA) is 47.3 Å². The largest absolute Gasteiger partial charge is 0.497 e. The molecule has 0 fully saturated rings. The Morgan fingerprint density at radius 2 is 2.05 bits per heavy atom. The van der Waals surface area contributed by atoms with Crippen LogP contribution in [0.4, 0.5) is 4.39 Å². The summed E-state index contributed by atoms with van der Waals surface area (Å²) < 4.78 is 19.1. The predicted molar refractivity (Wildman–Crippen MR) is 85.6 cm³/mol. The van der Waals surface area contributed by atoms with Gasteiger partial charge in [-0.3, -0.25) is 11.3 Å². The zero-order valence-electron chi connectivity index (χ0n) is 11.8. The van der Waals surface area contributed by atoms with Gasteiger partial charge in [-0.05, 0) is 48.2 Å². The molecule has 3 N–H and O–H groups in total. The van der Waals surface area contributed by atoms with Gasteiger partial charge in [0.05, 0.1) is 7.11 Å². The summed E-state index contributed by atoms with van der Waals surface area (Å²) in [5.41, 5.74) is 4.97. The molecule has 2 aromatic rings. The molecule has 0 saturated heterocycles. The lowest BCUT2D eigenvalue weighted by Gasteiger charge is -2.17. The van der Waals surface area contributed by atoms with Crippen LogP contribution in [0.5, 0.6) is 5.75 Å². The zero-order valence-corrected chi connectivity index (χ0v) is 13.4. The lowest BCUT2D eigenvalue weighted by molar-refractivity contribution is 0.413. The molecule has 112 valence electrons. The normalized spacial score (nSPS) is 12.2. The molecule has 0 radical (unpaired) electrons. The molecule has 0 aliphatic rings. The second-order valence-corrected chi connectivity index (χ2v) is 5.71. The van der Waals surface area contributed by atoms with Crippen LogP contribution >= 0.6 is 15.9 Å². The van der Waals surface area contributed by atoms with E-state index in [1.54, 1.807) is 13.2 Å². The van der Waals surface area contributed by atoms with Gasteiger partial charge in [0.2, 0.25) is 0 Å². The van der Waals surface area contributed by atoms with Crippen LogP contribution < -0.4 is 16.0 Å². The Morgan fingerprint density at radius 1 is 1.24 bits per heavy atom. The van der Waals surface area contributed by atoms with E-state index in [1.165, 1.54) is 12.1 Å². The number of ether oxygens (including phenoxy) is 1. The van der Waals surface area contributed by atoms with Gasteiger partial charge in [-0.1, -0.05) is 34.1 Å². The number of nitrogens with one attached hydrogen (secondary N) is 1. The maximum absolute atomic E-state index is 13.1. The van der Waals surface area contributed by atoms with Crippen LogP contribution in [0.2, 0.25) is 0 Å². The van der Waals surface area contributed by atoms with E-state index in [9.17, 15) is 4.39 Å². The highest BCUT2D eigenvalue weighted by molar-refractivity contribution is 9.10. The maximum atomic E-state index is 13.1. The summed E-state index contributed by atoms with van der Waals surface area (Å²) in [5.74, 6) is 6.22. The minimum Gasteiger partial charge on any atom is -0.497 e. The minimum absolute atomic E-state index is 0.0545. The highest BCUT2D eigenvalue weighted by Gasteiger charge is 2.12. The Morgan fingerprint density at radius 3 is 2.71 bits per heavy atom. The molecule has 0 heterocycles. The third-order valence-corrected chi connectivity index (χ3v) is 4.07. The van der Waals surface area contributed by atoms with Crippen LogP contribution in [0.25, 0.3) is 0 Å². The van der Waals surface area contributed by atoms with Crippen molar-refractivity contribution in [2.24, 2.45) is 5.84 Å². The summed E-state index contributed by atoms with van der Waals surface area (Å²) in [5, 5.41) is 0. The fourth-order valence-electron chi connectivity index (χ4n) is 2.23. The lowest BCUT2D eigenvalue weighted by Crippen LogP contribution is -2.38. The summed E-state index contributed by atoms with van der Waals surface area (Å²) in [4.78, 5) is 0. The molecule has 1 atom stereocenters. The van der Waals surface area contributed by atoms with Gasteiger partial charge in [0.25, 0.3) is 0 Å². The average molecular weight is 353 g/mol. The van der Waals surface area contributed by atoms with Crippen molar-refractivity contribution in [3.63, 3.8) is 0 Å². The minimum atomic E-state index is -0.254. The van der Waals surface area contributed by atoms with E-state index in [1.807, 2.05) is 24.3 Å². The second kappa shape index (κ2) is 7.54. The van der Waals surface area contributed by atoms with Gasteiger partial charge in [0, 0.05) is 10.5 Å². The molecule has 5 heteroatoms. The van der Waals surface area contributed by atoms with Crippen molar-refractivity contribution >= 4 is 15.9 Å². The van der Waals surface area contributed by atoms with Gasteiger partial charge < -0.3 is 4.74 Å². The first-order valence-corrected chi connectivity index (χ1v) is 7.44. The van der Waals surface area contributed by atoms with Crippen LogP contribution in [0.1, 0.15) is 11.1 Å². The molecule has 21 heavy (non-hydrogen) atoms. The highest BCUT2D eigenvalue weighted by atomic mass is 79.9. The monoisotopic (exact) mass is 352 g/mol. The van der Waals surface area contributed by atoms with Gasteiger partial charge in [0.15, 0.2) is 0 Å². The first-order valence-electron chi connectivity index (χ1n) is 6.65. The molecule has 3 nitrogen and oxygen atoms in total. The summed E-state index contributed by atoms with van der Waals surface area (Å²) in [6, 6.07) is 12.6. The smallest absolute Gasteiger partial charge is 0.124 e. The maximum Gasteiger partial charge on any atom is 0.124 e. The number of benzene rings is 2. The number of hydrogen-bond acceptors (Lipinski definition) is 3. The van der Waals surface area contributed by atoms with Crippen LogP contribution in [-0.4, -0.2) is 13.2 Å². The molecule has 0 aliphatic carbocycles. The van der Waals surface area contributed by atoms with E-state index in [4.69, 9.17) is 10.6 Å². The van der Waals surface area contributed by atoms with Crippen LogP contribution in [-0.2, 0) is 12.8 Å². The van der Waals surface area contributed by atoms with Crippen molar-refractivity contribution in [1.82, 2.24) is 5.43 Å². The van der Waals surface area contributed by atoms with Crippen molar-refractivity contribution in [1.29, 1.82) is 0 Å². The Balaban J connectivity index is 2.09. The van der Waals surface area contributed by atoms with Crippen molar-refractivity contribution in [3.05, 3.63) is 63.9 Å². The molecule has 0 saturated carbocycles. The van der Waals surface area contributed by atoms with E-state index < -0.39 is 0 Å². The van der Waals surface area contributed by atoms with Crippen molar-refractivity contribution in [2.45, 2.75) is 18.9 Å². The van der Waals surface area contributed by atoms with Crippen LogP contribution in [0.15, 0.2) is 46.9 Å². The van der Waals surface area contributed by atoms with E-state index in [2.05, 4.69) is 21.4 Å². The summed E-state index contributed by atoms with van der Waals surface area (Å²) in [6.45, 7) is 0. The Bertz CT molecular complexity index is 607. The molecule has 2 rings (SSSR count). The highest BCUT2D eigenvalue weighted by Crippen LogP contribution is 2.21. The molecule has 2 aromatic carbocycles. The number of hydrazine groups is 1. The van der Waals surface area contributed by atoms with Gasteiger partial charge in [-0.2, -0.15) is 0 Å². The fourth-order valence-corrected chi connectivity index (χ4v) is 2.74. The van der Waals surface area contributed by atoms with Crippen LogP contribution in [0.3, 0.4) is 0 Å². The second-order valence-electron chi connectivity index (χ2n) is 4.86. The molecular weight excluding hydrogens is 335 g/mol. The molecule has 0 aromatic heterocycles. The van der Waals surface area contributed by atoms with E-state index in [0.29, 0.717) is 6.42 Å². The Hall–Kier alpha value is -1.43. The fraction of sp³-hybridized carbons (Fsp3) is 0.250. The number of nitrogens with two attached hydrogens (primary N) is 1. The van der Waals surface area contributed by atoms with E-state index >= 15 is 0 Å². The molecular formula is C16H18BrFN2O.